The van der Waals surface area contributed by atoms with Crippen LogP contribution in [0, 0.1) is 13.8 Å². The molecule has 1 heterocycles. The van der Waals surface area contributed by atoms with Crippen molar-refractivity contribution in [3.05, 3.63) is 75.8 Å². The molecule has 0 bridgehead atoms. The molecule has 5 rings (SSSR count). The number of carboxylic acids is 1. The van der Waals surface area contributed by atoms with E-state index < -0.39 is 38.4 Å². The summed E-state index contributed by atoms with van der Waals surface area (Å²) in [6.07, 6.45) is -3.13. The van der Waals surface area contributed by atoms with Gasteiger partial charge in [0.2, 0.25) is 0 Å². The monoisotopic (exact) mass is 632 g/mol. The molecular formula is C33H35F3O7S. The van der Waals surface area contributed by atoms with Crippen LogP contribution < -0.4 is 14.2 Å². The van der Waals surface area contributed by atoms with Crippen LogP contribution in [0.1, 0.15) is 72.1 Å². The summed E-state index contributed by atoms with van der Waals surface area (Å²) in [6.45, 7) is 6.92. The number of ether oxygens (including phenoxy) is 3. The van der Waals surface area contributed by atoms with E-state index >= 15 is 0 Å². The number of aliphatic carboxylic acids is 1. The molecular weight excluding hydrogens is 597 g/mol. The number of halogens is 3. The Labute approximate surface area is 254 Å². The fraction of sp³-hybridized carbons (Fsp3) is 0.424. The zero-order valence-corrected chi connectivity index (χ0v) is 26.0. The first-order valence-corrected chi connectivity index (χ1v) is 16.2. The maximum Gasteiger partial charge on any atom is 0.416 e. The van der Waals surface area contributed by atoms with E-state index in [1.54, 1.807) is 58.0 Å². The maximum absolute atomic E-state index is 14.2. The molecule has 7 nitrogen and oxygen atoms in total. The lowest BCUT2D eigenvalue weighted by Gasteiger charge is -2.24. The summed E-state index contributed by atoms with van der Waals surface area (Å²) in [6, 6.07) is 10.9. The largest absolute Gasteiger partial charge is 0.492 e. The summed E-state index contributed by atoms with van der Waals surface area (Å²) in [5.41, 5.74) is 3.79. The SMILES string of the molecule is Cc1cc(OCC(C)(C)S(C)(=O)=O)cc(C)c1-c1cc(C(F)(F)F)cc2c1CCC2Oc1ccc2c(c1)OCC2CC(=O)O. The van der Waals surface area contributed by atoms with Gasteiger partial charge in [0.1, 0.15) is 34.7 Å². The normalized spacial score (nSPS) is 18.0. The quantitative estimate of drug-likeness (QED) is 0.266. The second-order valence-electron chi connectivity index (χ2n) is 12.3. The lowest BCUT2D eigenvalue weighted by molar-refractivity contribution is -0.138. The number of carbonyl (C=O) groups is 1. The smallest absolute Gasteiger partial charge is 0.416 e. The summed E-state index contributed by atoms with van der Waals surface area (Å²) in [5, 5.41) is 9.16. The molecule has 3 aromatic rings. The Kier molecular flexibility index (Phi) is 8.15. The molecule has 1 aliphatic heterocycles. The van der Waals surface area contributed by atoms with Crippen LogP contribution >= 0.6 is 0 Å². The molecule has 0 amide bonds. The Morgan fingerprint density at radius 2 is 1.70 bits per heavy atom. The Morgan fingerprint density at radius 3 is 2.32 bits per heavy atom. The predicted molar refractivity (Wildman–Crippen MR) is 159 cm³/mol. The number of hydrogen-bond donors (Lipinski definition) is 1. The lowest BCUT2D eigenvalue weighted by Crippen LogP contribution is -2.37. The van der Waals surface area contributed by atoms with E-state index in [4.69, 9.17) is 19.3 Å². The highest BCUT2D eigenvalue weighted by Gasteiger charge is 2.37. The zero-order chi connectivity index (χ0) is 32.2. The van der Waals surface area contributed by atoms with Crippen LogP contribution in [0.3, 0.4) is 0 Å². The number of alkyl halides is 3. The van der Waals surface area contributed by atoms with Gasteiger partial charge in [0.05, 0.1) is 18.6 Å². The van der Waals surface area contributed by atoms with Gasteiger partial charge in [-0.15, -0.1) is 0 Å². The second-order valence-corrected chi connectivity index (χ2v) is 14.9. The molecule has 0 radical (unpaired) electrons. The van der Waals surface area contributed by atoms with E-state index in [2.05, 4.69) is 0 Å². The first kappa shape index (κ1) is 31.7. The van der Waals surface area contributed by atoms with Crippen molar-refractivity contribution in [3.63, 3.8) is 0 Å². The van der Waals surface area contributed by atoms with Crippen LogP contribution in [0.25, 0.3) is 11.1 Å². The van der Waals surface area contributed by atoms with Gasteiger partial charge in [0, 0.05) is 23.8 Å². The van der Waals surface area contributed by atoms with Crippen LogP contribution in [-0.2, 0) is 27.2 Å². The minimum atomic E-state index is -4.58. The number of sulfone groups is 1. The van der Waals surface area contributed by atoms with Gasteiger partial charge in [0.15, 0.2) is 9.84 Å². The summed E-state index contributed by atoms with van der Waals surface area (Å²) in [4.78, 5) is 11.2. The number of hydrogen-bond acceptors (Lipinski definition) is 6. The minimum absolute atomic E-state index is 0.0588. The molecule has 0 fully saturated rings. The van der Waals surface area contributed by atoms with E-state index in [-0.39, 0.29) is 25.6 Å². The first-order chi connectivity index (χ1) is 20.4. The topological polar surface area (TPSA) is 99.1 Å². The number of aryl methyl sites for hydroxylation is 2. The van der Waals surface area contributed by atoms with Crippen LogP contribution in [0.5, 0.6) is 17.2 Å². The Balaban J connectivity index is 1.48. The van der Waals surface area contributed by atoms with E-state index in [0.717, 1.165) is 17.4 Å². The van der Waals surface area contributed by atoms with Gasteiger partial charge in [-0.05, 0) is 104 Å². The van der Waals surface area contributed by atoms with Crippen molar-refractivity contribution in [3.8, 4) is 28.4 Å². The van der Waals surface area contributed by atoms with E-state index in [1.807, 2.05) is 0 Å². The average Bonchev–Trinajstić information content (AvgIpc) is 3.49. The van der Waals surface area contributed by atoms with Gasteiger partial charge in [-0.1, -0.05) is 6.07 Å². The van der Waals surface area contributed by atoms with Crippen molar-refractivity contribution in [1.82, 2.24) is 0 Å². The summed E-state index contributed by atoms with van der Waals surface area (Å²) in [7, 11) is -3.38. The number of benzene rings is 3. The van der Waals surface area contributed by atoms with Crippen LogP contribution in [0.2, 0.25) is 0 Å². The minimum Gasteiger partial charge on any atom is -0.492 e. The Hall–Kier alpha value is -3.73. The van der Waals surface area contributed by atoms with Gasteiger partial charge in [-0.3, -0.25) is 4.79 Å². The maximum atomic E-state index is 14.2. The van der Waals surface area contributed by atoms with E-state index in [1.165, 1.54) is 12.1 Å². The van der Waals surface area contributed by atoms with E-state index in [9.17, 15) is 26.4 Å². The number of fused-ring (bicyclic) bond motifs is 2. The van der Waals surface area contributed by atoms with Crippen molar-refractivity contribution in [2.75, 3.05) is 19.5 Å². The second kappa shape index (κ2) is 11.3. The molecule has 1 aliphatic carbocycles. The summed E-state index contributed by atoms with van der Waals surface area (Å²) >= 11 is 0. The third-order valence-electron chi connectivity index (χ3n) is 8.55. The third-order valence-corrected chi connectivity index (χ3v) is 10.7. The van der Waals surface area contributed by atoms with Crippen LogP contribution in [0.4, 0.5) is 13.2 Å². The van der Waals surface area contributed by atoms with Crippen molar-refractivity contribution in [2.45, 2.75) is 69.9 Å². The fourth-order valence-electron chi connectivity index (χ4n) is 5.87. The van der Waals surface area contributed by atoms with Gasteiger partial charge in [-0.2, -0.15) is 13.2 Å². The predicted octanol–water partition coefficient (Wildman–Crippen LogP) is 7.21. The lowest BCUT2D eigenvalue weighted by atomic mass is 9.88. The van der Waals surface area contributed by atoms with Crippen molar-refractivity contribution in [2.24, 2.45) is 0 Å². The van der Waals surface area contributed by atoms with Gasteiger partial charge in [0.25, 0.3) is 0 Å². The molecule has 0 spiro atoms. The van der Waals surface area contributed by atoms with Gasteiger partial charge in [-0.25, -0.2) is 8.42 Å². The van der Waals surface area contributed by atoms with Crippen LogP contribution in [0.15, 0.2) is 42.5 Å². The molecule has 0 saturated carbocycles. The molecule has 44 heavy (non-hydrogen) atoms. The molecule has 2 atom stereocenters. The highest BCUT2D eigenvalue weighted by atomic mass is 32.2. The van der Waals surface area contributed by atoms with Gasteiger partial charge >= 0.3 is 12.1 Å². The van der Waals surface area contributed by atoms with Crippen molar-refractivity contribution < 1.29 is 45.7 Å². The third kappa shape index (κ3) is 6.24. The molecule has 1 N–H and O–H groups in total. The Morgan fingerprint density at radius 1 is 1.02 bits per heavy atom. The fourth-order valence-corrected chi connectivity index (χ4v) is 6.14. The summed E-state index contributed by atoms with van der Waals surface area (Å²) in [5.74, 6) is 0.201. The molecule has 236 valence electrons. The van der Waals surface area contributed by atoms with Crippen LogP contribution in [-0.4, -0.2) is 43.7 Å². The molecule has 0 saturated heterocycles. The molecule has 0 aromatic heterocycles. The number of carboxylic acid groups (broad SMARTS) is 1. The summed E-state index contributed by atoms with van der Waals surface area (Å²) < 4.78 is 83.4. The van der Waals surface area contributed by atoms with Gasteiger partial charge < -0.3 is 19.3 Å². The van der Waals surface area contributed by atoms with Crippen molar-refractivity contribution in [1.29, 1.82) is 0 Å². The van der Waals surface area contributed by atoms with Crippen molar-refractivity contribution >= 4 is 15.8 Å². The molecule has 11 heteroatoms. The molecule has 3 aromatic carbocycles. The average molecular weight is 633 g/mol. The number of rotatable bonds is 9. The Bertz CT molecular complexity index is 1700. The zero-order valence-electron chi connectivity index (χ0n) is 25.2. The highest BCUT2D eigenvalue weighted by Crippen LogP contribution is 2.47. The molecule has 2 unspecified atom stereocenters. The highest BCUT2D eigenvalue weighted by molar-refractivity contribution is 7.92. The standard InChI is InChI=1S/C33H35F3O7S/c1-18-10-23(42-17-32(3,4)44(5,39)40)11-19(2)31(18)27-14-21(33(34,35)36)13-26-25(27)8-9-28(26)43-22-6-7-24-20(12-30(37)38)16-41-29(24)15-22/h6-7,10-11,13-15,20,28H,8-9,12,16-17H2,1-5H3,(H,37,38). The molecule has 2 aliphatic rings. The first-order valence-electron chi connectivity index (χ1n) is 14.3. The van der Waals surface area contributed by atoms with E-state index in [0.29, 0.717) is 57.9 Å².